The molecule has 3 unspecified atom stereocenters. The molecule has 0 aromatic carbocycles. The maximum Gasteiger partial charge on any atom is 0.0468 e. The van der Waals surface area contributed by atoms with Gasteiger partial charge in [-0.25, -0.2) is 0 Å². The number of unbranched alkanes of at least 4 members (excludes halogenated alkanes) is 2. The van der Waals surface area contributed by atoms with Gasteiger partial charge in [-0.2, -0.15) is 0 Å². The van der Waals surface area contributed by atoms with Crippen molar-refractivity contribution in [3.8, 4) is 0 Å². The van der Waals surface area contributed by atoms with E-state index >= 15 is 0 Å². The summed E-state index contributed by atoms with van der Waals surface area (Å²) in [4.78, 5) is 0. The van der Waals surface area contributed by atoms with E-state index in [1.807, 2.05) is 0 Å². The van der Waals surface area contributed by atoms with Gasteiger partial charge in [0.05, 0.1) is 0 Å². The molecule has 0 spiro atoms. The largest absolute Gasteiger partial charge is 0.396 e. The lowest BCUT2D eigenvalue weighted by molar-refractivity contribution is -0.111. The third-order valence-corrected chi connectivity index (χ3v) is 5.58. The van der Waals surface area contributed by atoms with E-state index in [9.17, 15) is 0 Å². The smallest absolute Gasteiger partial charge is 0.0468 e. The Bertz CT molecular complexity index is 247. The molecule has 3 aliphatic carbocycles. The Hall–Kier alpha value is -0.0800. The molecule has 0 saturated heterocycles. The Morgan fingerprint density at radius 1 is 1.11 bits per heavy atom. The summed E-state index contributed by atoms with van der Waals surface area (Å²) >= 11 is 0. The van der Waals surface area contributed by atoms with E-state index < -0.39 is 0 Å². The van der Waals surface area contributed by atoms with Crippen LogP contribution in [-0.2, 0) is 4.74 Å². The van der Waals surface area contributed by atoms with Crippen molar-refractivity contribution in [1.29, 1.82) is 0 Å². The first-order valence-electron chi connectivity index (χ1n) is 7.85. The van der Waals surface area contributed by atoms with Crippen LogP contribution in [-0.4, -0.2) is 24.9 Å². The second-order valence-corrected chi connectivity index (χ2v) is 6.88. The molecule has 3 aliphatic rings. The van der Waals surface area contributed by atoms with Gasteiger partial charge in [-0.15, -0.1) is 0 Å². The summed E-state index contributed by atoms with van der Waals surface area (Å²) in [5, 5.41) is 8.68. The van der Waals surface area contributed by atoms with E-state index in [0.717, 1.165) is 50.2 Å². The summed E-state index contributed by atoms with van der Waals surface area (Å²) in [5.74, 6) is 2.90. The predicted octanol–water partition coefficient (Wildman–Crippen LogP) is 3.63. The number of aliphatic hydroxyl groups excluding tert-OH is 1. The van der Waals surface area contributed by atoms with Gasteiger partial charge in [0, 0.05) is 19.8 Å². The molecule has 3 saturated carbocycles. The van der Waals surface area contributed by atoms with Gasteiger partial charge in [-0.1, -0.05) is 13.8 Å². The molecule has 3 atom stereocenters. The third kappa shape index (κ3) is 3.08. The van der Waals surface area contributed by atoms with Crippen molar-refractivity contribution in [2.24, 2.45) is 23.2 Å². The molecule has 3 fully saturated rings. The Morgan fingerprint density at radius 2 is 1.94 bits per heavy atom. The van der Waals surface area contributed by atoms with Crippen molar-refractivity contribution < 1.29 is 9.84 Å². The van der Waals surface area contributed by atoms with Crippen molar-refractivity contribution in [3.05, 3.63) is 0 Å². The van der Waals surface area contributed by atoms with Crippen molar-refractivity contribution in [2.75, 3.05) is 19.8 Å². The Labute approximate surface area is 112 Å². The molecule has 0 aliphatic heterocycles. The SMILES string of the molecule is CC1(C)C2CCC(CCOCCCCCO)C1C2. The van der Waals surface area contributed by atoms with Gasteiger partial charge in [-0.3, -0.25) is 0 Å². The molecule has 2 bridgehead atoms. The summed E-state index contributed by atoms with van der Waals surface area (Å²) < 4.78 is 5.74. The quantitative estimate of drug-likeness (QED) is 0.670. The molecule has 18 heavy (non-hydrogen) atoms. The minimum absolute atomic E-state index is 0.319. The second kappa shape index (κ2) is 6.38. The minimum Gasteiger partial charge on any atom is -0.396 e. The van der Waals surface area contributed by atoms with Crippen LogP contribution < -0.4 is 0 Å². The van der Waals surface area contributed by atoms with Gasteiger partial charge in [-0.05, 0) is 68.1 Å². The van der Waals surface area contributed by atoms with Crippen LogP contribution in [0, 0.1) is 23.2 Å². The average Bonchev–Trinajstić information content (AvgIpc) is 2.37. The first-order chi connectivity index (χ1) is 8.66. The van der Waals surface area contributed by atoms with Crippen LogP contribution >= 0.6 is 0 Å². The first-order valence-corrected chi connectivity index (χ1v) is 7.85. The lowest BCUT2D eigenvalue weighted by atomic mass is 9.45. The van der Waals surface area contributed by atoms with Crippen molar-refractivity contribution >= 4 is 0 Å². The summed E-state index contributed by atoms with van der Waals surface area (Å²) in [7, 11) is 0. The zero-order chi connectivity index (χ0) is 13.0. The molecule has 2 heteroatoms. The zero-order valence-corrected chi connectivity index (χ0v) is 12.2. The van der Waals surface area contributed by atoms with Crippen molar-refractivity contribution in [1.82, 2.24) is 0 Å². The summed E-state index contributed by atoms with van der Waals surface area (Å²) in [5.41, 5.74) is 0.615. The van der Waals surface area contributed by atoms with E-state index in [4.69, 9.17) is 9.84 Å². The van der Waals surface area contributed by atoms with E-state index in [1.165, 1.54) is 25.7 Å². The van der Waals surface area contributed by atoms with Crippen LogP contribution in [0.1, 0.15) is 58.8 Å². The van der Waals surface area contributed by atoms with Gasteiger partial charge in [0.2, 0.25) is 0 Å². The topological polar surface area (TPSA) is 29.5 Å². The summed E-state index contributed by atoms with van der Waals surface area (Å²) in [6.45, 7) is 7.08. The van der Waals surface area contributed by atoms with Gasteiger partial charge in [0.15, 0.2) is 0 Å². The molecule has 0 amide bonds. The fraction of sp³-hybridized carbons (Fsp3) is 1.00. The van der Waals surface area contributed by atoms with Crippen LogP contribution in [0.5, 0.6) is 0 Å². The monoisotopic (exact) mass is 254 g/mol. The molecule has 2 nitrogen and oxygen atoms in total. The lowest BCUT2D eigenvalue weighted by Crippen LogP contribution is -2.52. The highest BCUT2D eigenvalue weighted by molar-refractivity contribution is 5.03. The van der Waals surface area contributed by atoms with Crippen LogP contribution in [0.15, 0.2) is 0 Å². The summed E-state index contributed by atoms with van der Waals surface area (Å²) in [6, 6.07) is 0. The second-order valence-electron chi connectivity index (χ2n) is 6.88. The highest BCUT2D eigenvalue weighted by atomic mass is 16.5. The van der Waals surface area contributed by atoms with Crippen molar-refractivity contribution in [3.63, 3.8) is 0 Å². The average molecular weight is 254 g/mol. The minimum atomic E-state index is 0.319. The number of ether oxygens (including phenoxy) is 1. The normalized spacial score (nSPS) is 33.2. The maximum absolute atomic E-state index is 8.68. The van der Waals surface area contributed by atoms with E-state index in [-0.39, 0.29) is 0 Å². The van der Waals surface area contributed by atoms with Crippen LogP contribution in [0.4, 0.5) is 0 Å². The Morgan fingerprint density at radius 3 is 2.61 bits per heavy atom. The predicted molar refractivity (Wildman–Crippen MR) is 74.5 cm³/mol. The van der Waals surface area contributed by atoms with Gasteiger partial charge in [0.1, 0.15) is 0 Å². The van der Waals surface area contributed by atoms with Crippen LogP contribution in [0.3, 0.4) is 0 Å². The third-order valence-electron chi connectivity index (χ3n) is 5.58. The first kappa shape index (κ1) is 14.3. The van der Waals surface area contributed by atoms with Gasteiger partial charge < -0.3 is 9.84 Å². The van der Waals surface area contributed by atoms with E-state index in [1.54, 1.807) is 0 Å². The maximum atomic E-state index is 8.68. The van der Waals surface area contributed by atoms with Gasteiger partial charge >= 0.3 is 0 Å². The molecule has 0 heterocycles. The standard InChI is InChI=1S/C16H30O2/c1-16(2)14-7-6-13(15(16)12-14)8-11-18-10-5-3-4-9-17/h13-15,17H,3-12H2,1-2H3. The highest BCUT2D eigenvalue weighted by Crippen LogP contribution is 2.61. The molecule has 3 rings (SSSR count). The number of aliphatic hydroxyl groups is 1. The molecular weight excluding hydrogens is 224 g/mol. The molecule has 0 aromatic rings. The van der Waals surface area contributed by atoms with E-state index in [0.29, 0.717) is 12.0 Å². The van der Waals surface area contributed by atoms with Crippen LogP contribution in [0.2, 0.25) is 0 Å². The Kier molecular flexibility index (Phi) is 5.08. The number of rotatable bonds is 8. The molecular formula is C16H30O2. The number of hydrogen-bond donors (Lipinski definition) is 1. The van der Waals surface area contributed by atoms with Crippen LogP contribution in [0.25, 0.3) is 0 Å². The summed E-state index contributed by atoms with van der Waals surface area (Å²) in [6.07, 6.45) is 8.75. The number of fused-ring (bicyclic) bond motifs is 2. The fourth-order valence-corrected chi connectivity index (χ4v) is 4.14. The molecule has 1 N–H and O–H groups in total. The fourth-order valence-electron chi connectivity index (χ4n) is 4.14. The highest BCUT2D eigenvalue weighted by Gasteiger charge is 2.53. The lowest BCUT2D eigenvalue weighted by Gasteiger charge is -2.60. The zero-order valence-electron chi connectivity index (χ0n) is 12.2. The van der Waals surface area contributed by atoms with E-state index in [2.05, 4.69) is 13.8 Å². The molecule has 106 valence electrons. The molecule has 0 radical (unpaired) electrons. The molecule has 0 aromatic heterocycles. The van der Waals surface area contributed by atoms with Gasteiger partial charge in [0.25, 0.3) is 0 Å². The Balaban J connectivity index is 1.54. The number of hydrogen-bond acceptors (Lipinski definition) is 2. The van der Waals surface area contributed by atoms with Crippen molar-refractivity contribution in [2.45, 2.75) is 58.8 Å².